The second kappa shape index (κ2) is 8.27. The third-order valence-electron chi connectivity index (χ3n) is 4.19. The maximum Gasteiger partial charge on any atom is 0.161 e. The standard InChI is InChI=1S/C20H23NO2S/c1-2-22-20(24)12-13-21-18-11-7-6-10-17(18)14-19(21)23-15-16-8-4-3-5-9-16/h3-11,19H,2,12-15H2,1H3. The maximum atomic E-state index is 6.22. The Morgan fingerprint density at radius 2 is 1.88 bits per heavy atom. The van der Waals surface area contributed by atoms with Gasteiger partial charge in [-0.3, -0.25) is 0 Å². The third kappa shape index (κ3) is 4.13. The molecule has 1 heterocycles. The Morgan fingerprint density at radius 3 is 2.67 bits per heavy atom. The van der Waals surface area contributed by atoms with Crippen molar-refractivity contribution in [1.82, 2.24) is 0 Å². The monoisotopic (exact) mass is 341 g/mol. The molecule has 0 aliphatic carbocycles. The van der Waals surface area contributed by atoms with Crippen LogP contribution in [0.5, 0.6) is 0 Å². The average Bonchev–Trinajstić information content (AvgIpc) is 2.97. The summed E-state index contributed by atoms with van der Waals surface area (Å²) < 4.78 is 11.6. The van der Waals surface area contributed by atoms with Crippen molar-refractivity contribution in [2.45, 2.75) is 32.6 Å². The number of rotatable bonds is 7. The summed E-state index contributed by atoms with van der Waals surface area (Å²) in [5, 5.41) is 0.670. The van der Waals surface area contributed by atoms with E-state index in [4.69, 9.17) is 21.7 Å². The SMILES string of the molecule is CCOC(=S)CCN1c2ccccc2CC1OCc1ccccc1. The van der Waals surface area contributed by atoms with Crippen molar-refractivity contribution >= 4 is 23.0 Å². The first kappa shape index (κ1) is 16.9. The van der Waals surface area contributed by atoms with Crippen LogP contribution in [0.25, 0.3) is 0 Å². The lowest BCUT2D eigenvalue weighted by molar-refractivity contribution is 0.0445. The molecule has 3 nitrogen and oxygen atoms in total. The predicted molar refractivity (Wildman–Crippen MR) is 101 cm³/mol. The van der Waals surface area contributed by atoms with Crippen LogP contribution >= 0.6 is 12.2 Å². The van der Waals surface area contributed by atoms with Gasteiger partial charge in [-0.25, -0.2) is 0 Å². The fourth-order valence-corrected chi connectivity index (χ4v) is 3.25. The van der Waals surface area contributed by atoms with Crippen LogP contribution < -0.4 is 4.90 Å². The molecule has 0 N–H and O–H groups in total. The van der Waals surface area contributed by atoms with E-state index in [1.54, 1.807) is 0 Å². The minimum Gasteiger partial charge on any atom is -0.487 e. The summed E-state index contributed by atoms with van der Waals surface area (Å²) >= 11 is 5.28. The molecule has 0 aromatic heterocycles. The number of hydrogen-bond acceptors (Lipinski definition) is 4. The van der Waals surface area contributed by atoms with Crippen molar-refractivity contribution in [2.24, 2.45) is 0 Å². The summed E-state index contributed by atoms with van der Waals surface area (Å²) in [6.07, 6.45) is 1.69. The van der Waals surface area contributed by atoms with Crippen LogP contribution in [0.4, 0.5) is 5.69 Å². The summed E-state index contributed by atoms with van der Waals surface area (Å²) in [6, 6.07) is 18.8. The molecule has 4 heteroatoms. The zero-order chi connectivity index (χ0) is 16.8. The van der Waals surface area contributed by atoms with E-state index in [0.29, 0.717) is 18.3 Å². The number of nitrogens with zero attached hydrogens (tertiary/aromatic N) is 1. The zero-order valence-electron chi connectivity index (χ0n) is 14.0. The lowest BCUT2D eigenvalue weighted by Crippen LogP contribution is -2.36. The van der Waals surface area contributed by atoms with E-state index in [-0.39, 0.29) is 6.23 Å². The normalized spacial score (nSPS) is 16.0. The van der Waals surface area contributed by atoms with E-state index in [1.807, 2.05) is 25.1 Å². The molecular weight excluding hydrogens is 318 g/mol. The maximum absolute atomic E-state index is 6.22. The highest BCUT2D eigenvalue weighted by Gasteiger charge is 2.29. The van der Waals surface area contributed by atoms with Crippen molar-refractivity contribution in [2.75, 3.05) is 18.1 Å². The average molecular weight is 341 g/mol. The number of para-hydroxylation sites is 1. The van der Waals surface area contributed by atoms with Crippen LogP contribution in [-0.4, -0.2) is 24.4 Å². The highest BCUT2D eigenvalue weighted by atomic mass is 32.1. The van der Waals surface area contributed by atoms with E-state index in [9.17, 15) is 0 Å². The molecule has 1 aliphatic heterocycles. The highest BCUT2D eigenvalue weighted by Crippen LogP contribution is 2.33. The van der Waals surface area contributed by atoms with Gasteiger partial charge in [0.05, 0.1) is 13.2 Å². The summed E-state index contributed by atoms with van der Waals surface area (Å²) in [5.74, 6) is 0. The Bertz CT molecular complexity index is 674. The largest absolute Gasteiger partial charge is 0.487 e. The number of thiocarbonyl (C=S) groups is 1. The molecule has 0 radical (unpaired) electrons. The number of benzene rings is 2. The van der Waals surface area contributed by atoms with Gasteiger partial charge in [-0.15, -0.1) is 0 Å². The molecule has 1 atom stereocenters. The molecule has 0 bridgehead atoms. The van der Waals surface area contributed by atoms with Gasteiger partial charge in [0.15, 0.2) is 5.05 Å². The Balaban J connectivity index is 1.66. The first-order valence-electron chi connectivity index (χ1n) is 8.43. The van der Waals surface area contributed by atoms with Gasteiger partial charge >= 0.3 is 0 Å². The van der Waals surface area contributed by atoms with E-state index >= 15 is 0 Å². The van der Waals surface area contributed by atoms with Gasteiger partial charge in [0.25, 0.3) is 0 Å². The van der Waals surface area contributed by atoms with E-state index in [1.165, 1.54) is 16.8 Å². The lowest BCUT2D eigenvalue weighted by atomic mass is 10.2. The quantitative estimate of drug-likeness (QED) is 0.698. The fourth-order valence-electron chi connectivity index (χ4n) is 3.04. The van der Waals surface area contributed by atoms with Gasteiger partial charge in [-0.2, -0.15) is 0 Å². The Morgan fingerprint density at radius 1 is 1.12 bits per heavy atom. The summed E-state index contributed by atoms with van der Waals surface area (Å²) in [6.45, 7) is 4.02. The minimum atomic E-state index is 0.0482. The topological polar surface area (TPSA) is 21.7 Å². The Hall–Kier alpha value is -1.91. The van der Waals surface area contributed by atoms with Gasteiger partial charge in [-0.05, 0) is 36.3 Å². The van der Waals surface area contributed by atoms with Gasteiger partial charge in [0.1, 0.15) is 6.23 Å². The summed E-state index contributed by atoms with van der Waals surface area (Å²) in [7, 11) is 0. The van der Waals surface area contributed by atoms with Gasteiger partial charge in [-0.1, -0.05) is 48.5 Å². The van der Waals surface area contributed by atoms with E-state index in [0.717, 1.165) is 19.4 Å². The van der Waals surface area contributed by atoms with Crippen molar-refractivity contribution in [3.63, 3.8) is 0 Å². The molecule has 2 aromatic carbocycles. The number of anilines is 1. The van der Waals surface area contributed by atoms with Crippen LogP contribution in [0, 0.1) is 0 Å². The van der Waals surface area contributed by atoms with Crippen LogP contribution in [0.3, 0.4) is 0 Å². The molecule has 2 aromatic rings. The van der Waals surface area contributed by atoms with E-state index < -0.39 is 0 Å². The van der Waals surface area contributed by atoms with Gasteiger partial charge < -0.3 is 14.4 Å². The first-order valence-corrected chi connectivity index (χ1v) is 8.84. The molecule has 0 amide bonds. The van der Waals surface area contributed by atoms with E-state index in [2.05, 4.69) is 41.3 Å². The molecule has 1 unspecified atom stereocenters. The number of fused-ring (bicyclic) bond motifs is 1. The highest BCUT2D eigenvalue weighted by molar-refractivity contribution is 7.80. The van der Waals surface area contributed by atoms with Crippen LogP contribution in [0.2, 0.25) is 0 Å². The molecule has 126 valence electrons. The zero-order valence-corrected chi connectivity index (χ0v) is 14.8. The number of hydrogen-bond donors (Lipinski definition) is 0. The Kier molecular flexibility index (Phi) is 5.83. The fraction of sp³-hybridized carbons (Fsp3) is 0.350. The molecule has 0 saturated heterocycles. The van der Waals surface area contributed by atoms with Crippen molar-refractivity contribution in [3.8, 4) is 0 Å². The van der Waals surface area contributed by atoms with Crippen LogP contribution in [0.1, 0.15) is 24.5 Å². The van der Waals surface area contributed by atoms with Gasteiger partial charge in [0.2, 0.25) is 0 Å². The van der Waals surface area contributed by atoms with Crippen LogP contribution in [0.15, 0.2) is 54.6 Å². The Labute approximate surface area is 149 Å². The van der Waals surface area contributed by atoms with Crippen molar-refractivity contribution in [1.29, 1.82) is 0 Å². The predicted octanol–water partition coefficient (Wildman–Crippen LogP) is 4.35. The molecule has 24 heavy (non-hydrogen) atoms. The molecule has 3 rings (SSSR count). The smallest absolute Gasteiger partial charge is 0.161 e. The van der Waals surface area contributed by atoms with Crippen molar-refractivity contribution < 1.29 is 9.47 Å². The van der Waals surface area contributed by atoms with Crippen molar-refractivity contribution in [3.05, 3.63) is 65.7 Å². The summed E-state index contributed by atoms with van der Waals surface area (Å²) in [4.78, 5) is 2.31. The second-order valence-electron chi connectivity index (χ2n) is 5.83. The number of ether oxygens (including phenoxy) is 2. The second-order valence-corrected chi connectivity index (χ2v) is 6.29. The first-order chi connectivity index (χ1) is 11.8. The third-order valence-corrected chi connectivity index (χ3v) is 4.51. The molecule has 0 saturated carbocycles. The van der Waals surface area contributed by atoms with Crippen LogP contribution in [-0.2, 0) is 22.5 Å². The summed E-state index contributed by atoms with van der Waals surface area (Å²) in [5.41, 5.74) is 3.77. The van der Waals surface area contributed by atoms with Gasteiger partial charge in [0, 0.05) is 25.1 Å². The molecule has 0 fully saturated rings. The molecule has 1 aliphatic rings. The molecular formula is C20H23NO2S. The lowest BCUT2D eigenvalue weighted by Gasteiger charge is -2.27. The minimum absolute atomic E-state index is 0.0482. The molecule has 0 spiro atoms.